The zero-order chi connectivity index (χ0) is 15.0. The van der Waals surface area contributed by atoms with Gasteiger partial charge in [0.05, 0.1) is 11.6 Å². The van der Waals surface area contributed by atoms with E-state index < -0.39 is 21.4 Å². The van der Waals surface area contributed by atoms with Gasteiger partial charge in [-0.05, 0) is 6.42 Å². The maximum atomic E-state index is 12.4. The number of thiophene rings is 1. The molecule has 20 heavy (non-hydrogen) atoms. The fourth-order valence-corrected chi connectivity index (χ4v) is 5.45. The Morgan fingerprint density at radius 2 is 2.30 bits per heavy atom. The molecule has 1 aromatic heterocycles. The minimum absolute atomic E-state index is 0.0221. The van der Waals surface area contributed by atoms with Crippen LogP contribution < -0.4 is 0 Å². The quantitative estimate of drug-likeness (QED) is 0.879. The molecule has 1 aliphatic rings. The number of methoxy groups -OCH3 is 1. The van der Waals surface area contributed by atoms with Crippen LogP contribution in [0.3, 0.4) is 0 Å². The van der Waals surface area contributed by atoms with E-state index in [2.05, 4.69) is 0 Å². The summed E-state index contributed by atoms with van der Waals surface area (Å²) in [6.45, 7) is 0.0145. The highest BCUT2D eigenvalue weighted by Gasteiger charge is 2.48. The molecule has 1 atom stereocenters. The van der Waals surface area contributed by atoms with Crippen molar-refractivity contribution in [1.29, 1.82) is 0 Å². The van der Waals surface area contributed by atoms with Crippen LogP contribution in [0.2, 0.25) is 5.02 Å². The van der Waals surface area contributed by atoms with Crippen LogP contribution in [-0.4, -0.2) is 50.6 Å². The molecule has 1 saturated heterocycles. The fourth-order valence-electron chi connectivity index (χ4n) is 2.26. The molecule has 9 heteroatoms. The van der Waals surface area contributed by atoms with Crippen LogP contribution in [0, 0.1) is 5.41 Å². The number of halogens is 1. The lowest BCUT2D eigenvalue weighted by molar-refractivity contribution is -0.151. The molecule has 1 unspecified atom stereocenters. The van der Waals surface area contributed by atoms with Crippen LogP contribution in [0.5, 0.6) is 0 Å². The molecule has 0 aliphatic carbocycles. The molecule has 0 saturated carbocycles. The minimum atomic E-state index is -3.76. The molecule has 2 rings (SSSR count). The monoisotopic (exact) mass is 339 g/mol. The molecule has 0 spiro atoms. The van der Waals surface area contributed by atoms with Crippen molar-refractivity contribution < 1.29 is 23.1 Å². The van der Waals surface area contributed by atoms with E-state index in [0.717, 1.165) is 4.31 Å². The molecule has 0 radical (unpaired) electrons. The summed E-state index contributed by atoms with van der Waals surface area (Å²) in [6, 6.07) is 0. The third kappa shape index (κ3) is 2.58. The molecule has 1 N–H and O–H groups in total. The molecule has 1 aliphatic heterocycles. The van der Waals surface area contributed by atoms with Crippen LogP contribution in [-0.2, 0) is 19.6 Å². The third-order valence-electron chi connectivity index (χ3n) is 3.39. The van der Waals surface area contributed by atoms with E-state index >= 15 is 0 Å². The van der Waals surface area contributed by atoms with Gasteiger partial charge in [0.25, 0.3) is 0 Å². The van der Waals surface area contributed by atoms with E-state index in [1.807, 2.05) is 0 Å². The van der Waals surface area contributed by atoms with Crippen LogP contribution in [0.25, 0.3) is 0 Å². The van der Waals surface area contributed by atoms with Crippen molar-refractivity contribution in [3.63, 3.8) is 0 Å². The van der Waals surface area contributed by atoms with Gasteiger partial charge < -0.3 is 9.84 Å². The molecule has 0 amide bonds. The van der Waals surface area contributed by atoms with Crippen molar-refractivity contribution in [3.8, 4) is 0 Å². The SMILES string of the molecule is COCC1(C(=O)O)CCN(S(=O)(=O)c2cscc2Cl)C1. The van der Waals surface area contributed by atoms with Gasteiger partial charge in [0, 0.05) is 31.0 Å². The van der Waals surface area contributed by atoms with Crippen molar-refractivity contribution >= 4 is 38.9 Å². The Morgan fingerprint density at radius 3 is 2.80 bits per heavy atom. The molecular weight excluding hydrogens is 326 g/mol. The van der Waals surface area contributed by atoms with Crippen LogP contribution in [0.4, 0.5) is 0 Å². The minimum Gasteiger partial charge on any atom is -0.481 e. The Labute approximate surface area is 126 Å². The first-order valence-corrected chi connectivity index (χ1v) is 8.54. The lowest BCUT2D eigenvalue weighted by Crippen LogP contribution is -2.40. The molecule has 1 aromatic rings. The maximum absolute atomic E-state index is 12.4. The Hall–Kier alpha value is -0.670. The summed E-state index contributed by atoms with van der Waals surface area (Å²) in [5.74, 6) is -1.05. The van der Waals surface area contributed by atoms with Crippen LogP contribution in [0.15, 0.2) is 15.7 Å². The van der Waals surface area contributed by atoms with E-state index in [1.54, 1.807) is 0 Å². The number of aliphatic carboxylic acids is 1. The van der Waals surface area contributed by atoms with E-state index in [4.69, 9.17) is 16.3 Å². The number of carbonyl (C=O) groups is 1. The second-order valence-corrected chi connectivity index (χ2v) is 7.75. The lowest BCUT2D eigenvalue weighted by Gasteiger charge is -2.23. The van der Waals surface area contributed by atoms with Gasteiger partial charge in [-0.25, -0.2) is 8.42 Å². The van der Waals surface area contributed by atoms with Crippen molar-refractivity contribution in [2.45, 2.75) is 11.3 Å². The number of nitrogens with zero attached hydrogens (tertiary/aromatic N) is 1. The van der Waals surface area contributed by atoms with Crippen LogP contribution >= 0.6 is 22.9 Å². The Kier molecular flexibility index (Phi) is 4.41. The van der Waals surface area contributed by atoms with Crippen molar-refractivity contribution in [3.05, 3.63) is 15.8 Å². The predicted molar refractivity (Wildman–Crippen MR) is 74.6 cm³/mol. The smallest absolute Gasteiger partial charge is 0.313 e. The predicted octanol–water partition coefficient (Wildman–Crippen LogP) is 1.51. The number of carboxylic acids is 1. The van der Waals surface area contributed by atoms with Gasteiger partial charge in [0.1, 0.15) is 10.3 Å². The Morgan fingerprint density at radius 1 is 1.60 bits per heavy atom. The van der Waals surface area contributed by atoms with Crippen molar-refractivity contribution in [2.75, 3.05) is 26.8 Å². The standard InChI is InChI=1S/C11H14ClNO5S2/c1-18-7-11(10(14)15)2-3-13(6-11)20(16,17)9-5-19-4-8(9)12/h4-5H,2-3,6-7H2,1H3,(H,14,15). The zero-order valence-electron chi connectivity index (χ0n) is 10.7. The molecule has 6 nitrogen and oxygen atoms in total. The maximum Gasteiger partial charge on any atom is 0.313 e. The summed E-state index contributed by atoms with van der Waals surface area (Å²) in [5.41, 5.74) is -1.19. The van der Waals surface area contributed by atoms with Gasteiger partial charge in [-0.15, -0.1) is 11.3 Å². The summed E-state index contributed by atoms with van der Waals surface area (Å²) in [5, 5.41) is 12.5. The number of carboxylic acid groups (broad SMARTS) is 1. The summed E-state index contributed by atoms with van der Waals surface area (Å²) >= 11 is 7.05. The second-order valence-electron chi connectivity index (χ2n) is 4.69. The highest BCUT2D eigenvalue weighted by molar-refractivity contribution is 7.89. The van der Waals surface area contributed by atoms with E-state index in [0.29, 0.717) is 0 Å². The van der Waals surface area contributed by atoms with Gasteiger partial charge >= 0.3 is 5.97 Å². The summed E-state index contributed by atoms with van der Waals surface area (Å²) in [7, 11) is -2.36. The first-order valence-electron chi connectivity index (χ1n) is 5.78. The lowest BCUT2D eigenvalue weighted by atomic mass is 9.88. The number of hydrogen-bond acceptors (Lipinski definition) is 5. The summed E-state index contributed by atoms with van der Waals surface area (Å²) < 4.78 is 31.0. The fraction of sp³-hybridized carbons (Fsp3) is 0.545. The first-order chi connectivity index (χ1) is 9.33. The Bertz CT molecular complexity index is 614. The first kappa shape index (κ1) is 15.7. The molecule has 0 bridgehead atoms. The third-order valence-corrected chi connectivity index (χ3v) is 6.72. The molecule has 0 aromatic carbocycles. The Balaban J connectivity index is 2.29. The van der Waals surface area contributed by atoms with Gasteiger partial charge in [-0.2, -0.15) is 4.31 Å². The highest BCUT2D eigenvalue weighted by Crippen LogP contribution is 2.36. The van der Waals surface area contributed by atoms with Crippen LogP contribution in [0.1, 0.15) is 6.42 Å². The van der Waals surface area contributed by atoms with E-state index in [-0.39, 0.29) is 36.0 Å². The summed E-state index contributed by atoms with van der Waals surface area (Å²) in [4.78, 5) is 11.4. The van der Waals surface area contributed by atoms with Crippen molar-refractivity contribution in [1.82, 2.24) is 4.31 Å². The van der Waals surface area contributed by atoms with Crippen molar-refractivity contribution in [2.24, 2.45) is 5.41 Å². The largest absolute Gasteiger partial charge is 0.481 e. The zero-order valence-corrected chi connectivity index (χ0v) is 13.1. The molecule has 2 heterocycles. The number of hydrogen-bond donors (Lipinski definition) is 1. The molecule has 1 fully saturated rings. The normalized spacial score (nSPS) is 24.1. The number of ether oxygens (including phenoxy) is 1. The molecule has 112 valence electrons. The highest BCUT2D eigenvalue weighted by atomic mass is 35.5. The summed E-state index contributed by atoms with van der Waals surface area (Å²) in [6.07, 6.45) is 0.219. The topological polar surface area (TPSA) is 83.9 Å². The number of sulfonamides is 1. The average Bonchev–Trinajstić information content (AvgIpc) is 2.97. The van der Waals surface area contributed by atoms with E-state index in [1.165, 1.54) is 29.2 Å². The number of rotatable bonds is 5. The second kappa shape index (κ2) is 5.61. The van der Waals surface area contributed by atoms with Gasteiger partial charge in [0.15, 0.2) is 0 Å². The van der Waals surface area contributed by atoms with Gasteiger partial charge in [0.2, 0.25) is 10.0 Å². The van der Waals surface area contributed by atoms with Gasteiger partial charge in [-0.3, -0.25) is 4.79 Å². The van der Waals surface area contributed by atoms with E-state index in [9.17, 15) is 18.3 Å². The van der Waals surface area contributed by atoms with Gasteiger partial charge in [-0.1, -0.05) is 11.6 Å². The average molecular weight is 340 g/mol. The molecular formula is C11H14ClNO5S2.